The second kappa shape index (κ2) is 5.01. The molecule has 4 N–H and O–H groups in total. The van der Waals surface area contributed by atoms with Gasteiger partial charge in [-0.1, -0.05) is 60.7 Å². The highest BCUT2D eigenvalue weighted by Crippen LogP contribution is 2.31. The van der Waals surface area contributed by atoms with Crippen LogP contribution in [0.15, 0.2) is 60.7 Å². The van der Waals surface area contributed by atoms with Gasteiger partial charge < -0.3 is 11.5 Å². The molecule has 3 rings (SSSR count). The van der Waals surface area contributed by atoms with Crippen LogP contribution in [-0.4, -0.2) is 9.97 Å². The normalized spacial score (nSPS) is 10.4. The van der Waals surface area contributed by atoms with E-state index in [1.807, 2.05) is 60.7 Å². The van der Waals surface area contributed by atoms with E-state index in [1.54, 1.807) is 0 Å². The first-order valence-corrected chi connectivity index (χ1v) is 6.29. The zero-order chi connectivity index (χ0) is 13.9. The van der Waals surface area contributed by atoms with Crippen LogP contribution in [0.25, 0.3) is 22.5 Å². The molecule has 4 heteroatoms. The van der Waals surface area contributed by atoms with Crippen molar-refractivity contribution in [3.05, 3.63) is 60.7 Å². The van der Waals surface area contributed by atoms with Gasteiger partial charge in [0.2, 0.25) is 0 Å². The summed E-state index contributed by atoms with van der Waals surface area (Å²) < 4.78 is 0. The maximum atomic E-state index is 6.06. The topological polar surface area (TPSA) is 77.8 Å². The van der Waals surface area contributed by atoms with Crippen LogP contribution < -0.4 is 11.5 Å². The van der Waals surface area contributed by atoms with Crippen molar-refractivity contribution in [3.63, 3.8) is 0 Å². The fourth-order valence-electron chi connectivity index (χ4n) is 2.11. The van der Waals surface area contributed by atoms with Crippen LogP contribution in [0.4, 0.5) is 11.6 Å². The first-order valence-electron chi connectivity index (χ1n) is 6.29. The van der Waals surface area contributed by atoms with Crippen molar-refractivity contribution >= 4 is 11.6 Å². The summed E-state index contributed by atoms with van der Waals surface area (Å²) in [4.78, 5) is 8.73. The largest absolute Gasteiger partial charge is 0.383 e. The van der Waals surface area contributed by atoms with E-state index in [1.165, 1.54) is 0 Å². The van der Waals surface area contributed by atoms with Gasteiger partial charge in [0, 0.05) is 5.56 Å². The van der Waals surface area contributed by atoms with E-state index in [0.29, 0.717) is 23.0 Å². The summed E-state index contributed by atoms with van der Waals surface area (Å²) in [7, 11) is 0. The molecule has 0 spiro atoms. The molecule has 0 fully saturated rings. The van der Waals surface area contributed by atoms with Crippen LogP contribution in [-0.2, 0) is 0 Å². The Hall–Kier alpha value is -2.88. The minimum absolute atomic E-state index is 0.391. The quantitative estimate of drug-likeness (QED) is 0.744. The minimum atomic E-state index is 0.391. The summed E-state index contributed by atoms with van der Waals surface area (Å²) in [6.07, 6.45) is 0. The SMILES string of the molecule is Nc1nc(-c2ccccc2)nc(N)c1-c1ccccc1. The van der Waals surface area contributed by atoms with Crippen LogP contribution in [0.5, 0.6) is 0 Å². The van der Waals surface area contributed by atoms with Gasteiger partial charge in [0.1, 0.15) is 11.6 Å². The highest BCUT2D eigenvalue weighted by atomic mass is 15.0. The standard InChI is InChI=1S/C16H14N4/c17-14-13(11-7-3-1-4-8-11)15(18)20-16(19-14)12-9-5-2-6-10-12/h1-10H,(H4,17,18,19,20). The van der Waals surface area contributed by atoms with Crippen LogP contribution in [0.1, 0.15) is 0 Å². The fraction of sp³-hybridized carbons (Fsp3) is 0. The number of nitrogens with zero attached hydrogens (tertiary/aromatic N) is 2. The van der Waals surface area contributed by atoms with Crippen molar-refractivity contribution < 1.29 is 0 Å². The van der Waals surface area contributed by atoms with Gasteiger partial charge in [0.05, 0.1) is 5.56 Å². The van der Waals surface area contributed by atoms with Crippen molar-refractivity contribution in [3.8, 4) is 22.5 Å². The molecule has 0 aliphatic heterocycles. The summed E-state index contributed by atoms with van der Waals surface area (Å²) in [6, 6.07) is 19.3. The van der Waals surface area contributed by atoms with Crippen LogP contribution in [0.2, 0.25) is 0 Å². The summed E-state index contributed by atoms with van der Waals surface area (Å²) in [5.74, 6) is 1.32. The number of hydrogen-bond donors (Lipinski definition) is 2. The Morgan fingerprint density at radius 1 is 0.600 bits per heavy atom. The highest BCUT2D eigenvalue weighted by Gasteiger charge is 2.12. The molecule has 4 nitrogen and oxygen atoms in total. The predicted molar refractivity (Wildman–Crippen MR) is 81.7 cm³/mol. The molecule has 0 saturated heterocycles. The number of aromatic nitrogens is 2. The third-order valence-corrected chi connectivity index (χ3v) is 3.06. The van der Waals surface area contributed by atoms with Crippen molar-refractivity contribution in [2.45, 2.75) is 0 Å². The van der Waals surface area contributed by atoms with E-state index in [4.69, 9.17) is 11.5 Å². The van der Waals surface area contributed by atoms with E-state index in [2.05, 4.69) is 9.97 Å². The van der Waals surface area contributed by atoms with Gasteiger partial charge in [0.15, 0.2) is 5.82 Å². The molecular weight excluding hydrogens is 248 g/mol. The fourth-order valence-corrected chi connectivity index (χ4v) is 2.11. The number of nitrogens with two attached hydrogens (primary N) is 2. The van der Waals surface area contributed by atoms with Gasteiger partial charge in [-0.15, -0.1) is 0 Å². The van der Waals surface area contributed by atoms with Gasteiger partial charge in [0.25, 0.3) is 0 Å². The van der Waals surface area contributed by atoms with Crippen molar-refractivity contribution in [2.24, 2.45) is 0 Å². The first kappa shape index (κ1) is 12.2. The Morgan fingerprint density at radius 3 is 1.55 bits per heavy atom. The molecule has 98 valence electrons. The molecular formula is C16H14N4. The number of nitrogen functional groups attached to an aromatic ring is 2. The second-order valence-electron chi connectivity index (χ2n) is 4.42. The van der Waals surface area contributed by atoms with Gasteiger partial charge in [-0.05, 0) is 5.56 Å². The molecule has 1 heterocycles. The summed E-state index contributed by atoms with van der Waals surface area (Å²) in [6.45, 7) is 0. The van der Waals surface area contributed by atoms with Crippen molar-refractivity contribution in [1.29, 1.82) is 0 Å². The summed E-state index contributed by atoms with van der Waals surface area (Å²) in [5, 5.41) is 0. The monoisotopic (exact) mass is 262 g/mol. The van der Waals surface area contributed by atoms with E-state index >= 15 is 0 Å². The molecule has 0 aliphatic carbocycles. The molecule has 0 radical (unpaired) electrons. The maximum absolute atomic E-state index is 6.06. The Labute approximate surface area is 117 Å². The third kappa shape index (κ3) is 2.19. The van der Waals surface area contributed by atoms with E-state index in [9.17, 15) is 0 Å². The molecule has 0 unspecified atom stereocenters. The minimum Gasteiger partial charge on any atom is -0.383 e. The van der Waals surface area contributed by atoms with E-state index < -0.39 is 0 Å². The summed E-state index contributed by atoms with van der Waals surface area (Å²) in [5.41, 5.74) is 14.6. The van der Waals surface area contributed by atoms with Crippen LogP contribution in [0, 0.1) is 0 Å². The Balaban J connectivity index is 2.13. The lowest BCUT2D eigenvalue weighted by Gasteiger charge is -2.10. The van der Waals surface area contributed by atoms with E-state index in [-0.39, 0.29) is 0 Å². The average molecular weight is 262 g/mol. The third-order valence-electron chi connectivity index (χ3n) is 3.06. The molecule has 3 aromatic rings. The maximum Gasteiger partial charge on any atom is 0.163 e. The highest BCUT2D eigenvalue weighted by molar-refractivity contribution is 5.83. The number of anilines is 2. The Kier molecular flexibility index (Phi) is 3.05. The van der Waals surface area contributed by atoms with Crippen LogP contribution in [0.3, 0.4) is 0 Å². The summed E-state index contributed by atoms with van der Waals surface area (Å²) >= 11 is 0. The zero-order valence-electron chi connectivity index (χ0n) is 10.8. The zero-order valence-corrected chi connectivity index (χ0v) is 10.8. The first-order chi connectivity index (χ1) is 9.75. The van der Waals surface area contributed by atoms with Gasteiger partial charge in [-0.2, -0.15) is 0 Å². The smallest absolute Gasteiger partial charge is 0.163 e. The number of rotatable bonds is 2. The molecule has 0 amide bonds. The molecule has 1 aromatic heterocycles. The Bertz CT molecular complexity index is 701. The van der Waals surface area contributed by atoms with E-state index in [0.717, 1.165) is 11.1 Å². The van der Waals surface area contributed by atoms with Crippen LogP contribution >= 0.6 is 0 Å². The molecule has 0 atom stereocenters. The molecule has 0 saturated carbocycles. The average Bonchev–Trinajstić information content (AvgIpc) is 2.48. The molecule has 2 aromatic carbocycles. The predicted octanol–water partition coefficient (Wildman–Crippen LogP) is 2.98. The Morgan fingerprint density at radius 2 is 1.05 bits per heavy atom. The number of hydrogen-bond acceptors (Lipinski definition) is 4. The van der Waals surface area contributed by atoms with Crippen molar-refractivity contribution in [1.82, 2.24) is 9.97 Å². The van der Waals surface area contributed by atoms with Gasteiger partial charge in [-0.3, -0.25) is 0 Å². The van der Waals surface area contributed by atoms with Gasteiger partial charge >= 0.3 is 0 Å². The second-order valence-corrected chi connectivity index (χ2v) is 4.42. The lowest BCUT2D eigenvalue weighted by Crippen LogP contribution is -2.04. The van der Waals surface area contributed by atoms with Crippen molar-refractivity contribution in [2.75, 3.05) is 11.5 Å². The molecule has 0 aliphatic rings. The lowest BCUT2D eigenvalue weighted by molar-refractivity contribution is 1.19. The lowest BCUT2D eigenvalue weighted by atomic mass is 10.1. The van der Waals surface area contributed by atoms with Gasteiger partial charge in [-0.25, -0.2) is 9.97 Å². The molecule has 0 bridgehead atoms. The number of benzene rings is 2. The molecule has 20 heavy (non-hydrogen) atoms.